The van der Waals surface area contributed by atoms with E-state index in [2.05, 4.69) is 5.32 Å². The number of carbonyl (C=O) groups excluding carboxylic acids is 2. The summed E-state index contributed by atoms with van der Waals surface area (Å²) in [5, 5.41) is 3.14. The number of amides is 2. The lowest BCUT2D eigenvalue weighted by Gasteiger charge is -2.34. The quantitative estimate of drug-likeness (QED) is 0.171. The van der Waals surface area contributed by atoms with Crippen LogP contribution in [0.5, 0.6) is 0 Å². The van der Waals surface area contributed by atoms with Crippen LogP contribution in [0.2, 0.25) is 10.0 Å². The van der Waals surface area contributed by atoms with E-state index in [4.69, 9.17) is 23.2 Å². The lowest BCUT2D eigenvalue weighted by molar-refractivity contribution is -0.140. The highest BCUT2D eigenvalue weighted by molar-refractivity contribution is 7.92. The zero-order valence-corrected chi connectivity index (χ0v) is 27.2. The van der Waals surface area contributed by atoms with E-state index >= 15 is 0 Å². The number of nitrogens with one attached hydrogen (secondary N) is 1. The lowest BCUT2D eigenvalue weighted by Crippen LogP contribution is -2.53. The van der Waals surface area contributed by atoms with Gasteiger partial charge in [-0.25, -0.2) is 12.8 Å². The second-order valence-electron chi connectivity index (χ2n) is 10.9. The minimum absolute atomic E-state index is 0.00563. The maximum absolute atomic E-state index is 14.4. The molecule has 0 fully saturated rings. The fourth-order valence-corrected chi connectivity index (χ4v) is 6.38. The van der Waals surface area contributed by atoms with Gasteiger partial charge in [-0.05, 0) is 59.5 Å². The molecule has 0 aliphatic rings. The van der Waals surface area contributed by atoms with Crippen LogP contribution in [0.15, 0.2) is 108 Å². The van der Waals surface area contributed by atoms with Crippen molar-refractivity contribution in [2.45, 2.75) is 37.8 Å². The molecule has 0 radical (unpaired) electrons. The predicted octanol–water partition coefficient (Wildman–Crippen LogP) is 6.74. The molecule has 45 heavy (non-hydrogen) atoms. The third kappa shape index (κ3) is 9.06. The molecular formula is C34H34Cl2FN3O4S. The minimum Gasteiger partial charge on any atom is -0.354 e. The molecule has 0 saturated carbocycles. The number of sulfonamides is 1. The molecule has 0 saturated heterocycles. The van der Waals surface area contributed by atoms with Crippen molar-refractivity contribution in [3.8, 4) is 0 Å². The van der Waals surface area contributed by atoms with E-state index in [0.29, 0.717) is 17.1 Å². The van der Waals surface area contributed by atoms with Crippen molar-refractivity contribution in [1.29, 1.82) is 0 Å². The van der Waals surface area contributed by atoms with Crippen LogP contribution in [-0.2, 0) is 32.6 Å². The Morgan fingerprint density at radius 3 is 2.07 bits per heavy atom. The Balaban J connectivity index is 1.80. The van der Waals surface area contributed by atoms with Gasteiger partial charge in [0.2, 0.25) is 11.8 Å². The van der Waals surface area contributed by atoms with Crippen LogP contribution >= 0.6 is 23.2 Å². The molecular weight excluding hydrogens is 636 g/mol. The second-order valence-corrected chi connectivity index (χ2v) is 13.6. The highest BCUT2D eigenvalue weighted by atomic mass is 35.5. The molecule has 0 spiro atoms. The number of rotatable bonds is 13. The Morgan fingerprint density at radius 1 is 0.844 bits per heavy atom. The molecule has 0 aliphatic carbocycles. The van der Waals surface area contributed by atoms with Crippen LogP contribution in [0.1, 0.15) is 25.0 Å². The fraction of sp³-hybridized carbons (Fsp3) is 0.235. The highest BCUT2D eigenvalue weighted by Gasteiger charge is 2.34. The molecule has 1 N–H and O–H groups in total. The molecule has 4 aromatic rings. The standard InChI is InChI=1S/C34H34Cl2FN3O4S/c1-24(2)21-38-34(42)32(19-25-9-5-3-6-10-25)39(22-26-13-15-27(35)16-14-26)33(41)23-40(28-17-18-31(37)30(36)20-28)45(43,44)29-11-7-4-8-12-29/h3-18,20,24,32H,19,21-23H2,1-2H3,(H,38,42)/t32-/m0/s1. The average Bonchev–Trinajstić information content (AvgIpc) is 3.03. The van der Waals surface area contributed by atoms with Gasteiger partial charge in [-0.15, -0.1) is 0 Å². The molecule has 4 aromatic carbocycles. The molecule has 0 aliphatic heterocycles. The fourth-order valence-electron chi connectivity index (χ4n) is 4.65. The van der Waals surface area contributed by atoms with E-state index in [1.165, 1.54) is 23.1 Å². The predicted molar refractivity (Wildman–Crippen MR) is 176 cm³/mol. The Labute approximate surface area is 273 Å². The summed E-state index contributed by atoms with van der Waals surface area (Å²) in [5.74, 6) is -1.61. The molecule has 0 heterocycles. The topological polar surface area (TPSA) is 86.8 Å². The number of benzene rings is 4. The minimum atomic E-state index is -4.33. The zero-order valence-electron chi connectivity index (χ0n) is 24.9. The van der Waals surface area contributed by atoms with Gasteiger partial charge < -0.3 is 10.2 Å². The Bertz CT molecular complexity index is 1710. The van der Waals surface area contributed by atoms with Crippen LogP contribution in [0.25, 0.3) is 0 Å². The number of hydrogen-bond acceptors (Lipinski definition) is 4. The number of carbonyl (C=O) groups is 2. The highest BCUT2D eigenvalue weighted by Crippen LogP contribution is 2.28. The maximum atomic E-state index is 14.4. The first-order valence-corrected chi connectivity index (χ1v) is 16.5. The van der Waals surface area contributed by atoms with E-state index in [1.807, 2.05) is 44.2 Å². The summed E-state index contributed by atoms with van der Waals surface area (Å²) in [4.78, 5) is 29.5. The Kier molecular flexibility index (Phi) is 11.6. The summed E-state index contributed by atoms with van der Waals surface area (Å²) < 4.78 is 43.0. The molecule has 11 heteroatoms. The Morgan fingerprint density at radius 2 is 1.47 bits per heavy atom. The maximum Gasteiger partial charge on any atom is 0.264 e. The molecule has 1 atom stereocenters. The van der Waals surface area contributed by atoms with Crippen LogP contribution in [0, 0.1) is 11.7 Å². The average molecular weight is 671 g/mol. The number of hydrogen-bond donors (Lipinski definition) is 1. The summed E-state index contributed by atoms with van der Waals surface area (Å²) in [6, 6.07) is 26.2. The van der Waals surface area contributed by atoms with Gasteiger partial charge in [-0.3, -0.25) is 13.9 Å². The SMILES string of the molecule is CC(C)CNC(=O)[C@H](Cc1ccccc1)N(Cc1ccc(Cl)cc1)C(=O)CN(c1ccc(F)c(Cl)c1)S(=O)(=O)c1ccccc1. The normalized spacial score (nSPS) is 12.0. The van der Waals surface area contributed by atoms with Crippen LogP contribution in [-0.4, -0.2) is 44.3 Å². The van der Waals surface area contributed by atoms with Gasteiger partial charge in [0.1, 0.15) is 18.4 Å². The van der Waals surface area contributed by atoms with Gasteiger partial charge in [0.15, 0.2) is 0 Å². The summed E-state index contributed by atoms with van der Waals surface area (Å²) in [5.41, 5.74) is 1.49. The van der Waals surface area contributed by atoms with E-state index < -0.39 is 34.3 Å². The first-order chi connectivity index (χ1) is 21.5. The molecule has 0 unspecified atom stereocenters. The van der Waals surface area contributed by atoms with Gasteiger partial charge in [0.25, 0.3) is 10.0 Å². The first-order valence-electron chi connectivity index (χ1n) is 14.3. The Hall–Kier alpha value is -3.92. The smallest absolute Gasteiger partial charge is 0.264 e. The zero-order chi connectivity index (χ0) is 32.6. The van der Waals surface area contributed by atoms with Crippen LogP contribution in [0.4, 0.5) is 10.1 Å². The van der Waals surface area contributed by atoms with Gasteiger partial charge in [-0.1, -0.05) is 97.7 Å². The second kappa shape index (κ2) is 15.4. The third-order valence-electron chi connectivity index (χ3n) is 7.02. The molecule has 2 amide bonds. The number of anilines is 1. The van der Waals surface area contributed by atoms with Crippen molar-refractivity contribution >= 4 is 50.7 Å². The monoisotopic (exact) mass is 669 g/mol. The largest absolute Gasteiger partial charge is 0.354 e. The first kappa shape index (κ1) is 34.0. The van der Waals surface area contributed by atoms with Gasteiger partial charge in [-0.2, -0.15) is 0 Å². The molecule has 0 bridgehead atoms. The lowest BCUT2D eigenvalue weighted by atomic mass is 10.0. The van der Waals surface area contributed by atoms with Crippen molar-refractivity contribution in [3.05, 3.63) is 130 Å². The van der Waals surface area contributed by atoms with Crippen LogP contribution < -0.4 is 9.62 Å². The van der Waals surface area contributed by atoms with Crippen molar-refractivity contribution in [3.63, 3.8) is 0 Å². The van der Waals surface area contributed by atoms with Crippen molar-refractivity contribution < 1.29 is 22.4 Å². The summed E-state index contributed by atoms with van der Waals surface area (Å²) in [6.07, 6.45) is 0.178. The van der Waals surface area contributed by atoms with Crippen LogP contribution in [0.3, 0.4) is 0 Å². The summed E-state index contributed by atoms with van der Waals surface area (Å²) in [6.45, 7) is 3.61. The van der Waals surface area contributed by atoms with Crippen molar-refractivity contribution in [2.24, 2.45) is 5.92 Å². The van der Waals surface area contributed by atoms with Gasteiger partial charge in [0.05, 0.1) is 15.6 Å². The van der Waals surface area contributed by atoms with E-state index in [-0.39, 0.29) is 40.4 Å². The summed E-state index contributed by atoms with van der Waals surface area (Å²) in [7, 11) is -4.33. The van der Waals surface area contributed by atoms with E-state index in [1.54, 1.807) is 42.5 Å². The number of nitrogens with zero attached hydrogens (tertiary/aromatic N) is 2. The number of halogens is 3. The molecule has 0 aromatic heterocycles. The van der Waals surface area contributed by atoms with Gasteiger partial charge >= 0.3 is 0 Å². The third-order valence-corrected chi connectivity index (χ3v) is 9.35. The van der Waals surface area contributed by atoms with Gasteiger partial charge in [0, 0.05) is 24.5 Å². The molecule has 7 nitrogen and oxygen atoms in total. The van der Waals surface area contributed by atoms with E-state index in [9.17, 15) is 22.4 Å². The summed E-state index contributed by atoms with van der Waals surface area (Å²) >= 11 is 12.2. The van der Waals surface area contributed by atoms with Crippen molar-refractivity contribution in [2.75, 3.05) is 17.4 Å². The van der Waals surface area contributed by atoms with Crippen molar-refractivity contribution in [1.82, 2.24) is 10.2 Å². The molecule has 236 valence electrons. The molecule has 4 rings (SSSR count). The van der Waals surface area contributed by atoms with E-state index in [0.717, 1.165) is 22.0 Å².